The number of pyridine rings is 1. The molecule has 0 aliphatic heterocycles. The van der Waals surface area contributed by atoms with Crippen molar-refractivity contribution < 1.29 is 9.52 Å². The van der Waals surface area contributed by atoms with Gasteiger partial charge in [-0.05, 0) is 12.1 Å². The standard InChI is InChI=1S/C12H8N2O3/c15-11-10(17-12(16)14-11)9-6-5-7-3-1-2-4-8(7)13-9/h1-6,15H,(H,14,16). The first-order valence-electron chi connectivity index (χ1n) is 5.02. The van der Waals surface area contributed by atoms with Gasteiger partial charge in [0.25, 0.3) is 0 Å². The van der Waals surface area contributed by atoms with Crippen molar-refractivity contribution in [2.24, 2.45) is 0 Å². The lowest BCUT2D eigenvalue weighted by Gasteiger charge is -1.99. The van der Waals surface area contributed by atoms with Gasteiger partial charge in [-0.2, -0.15) is 0 Å². The van der Waals surface area contributed by atoms with Crippen LogP contribution in [-0.4, -0.2) is 15.1 Å². The first-order valence-corrected chi connectivity index (χ1v) is 5.02. The minimum Gasteiger partial charge on any atom is -0.492 e. The fourth-order valence-corrected chi connectivity index (χ4v) is 1.69. The second-order valence-corrected chi connectivity index (χ2v) is 3.58. The number of H-pyrrole nitrogens is 1. The molecule has 3 rings (SSSR count). The summed E-state index contributed by atoms with van der Waals surface area (Å²) in [5, 5.41) is 10.4. The number of nitrogens with zero attached hydrogens (tertiary/aromatic N) is 1. The fourth-order valence-electron chi connectivity index (χ4n) is 1.69. The summed E-state index contributed by atoms with van der Waals surface area (Å²) in [6.07, 6.45) is 0. The summed E-state index contributed by atoms with van der Waals surface area (Å²) in [6, 6.07) is 11.1. The molecule has 2 N–H and O–H groups in total. The fraction of sp³-hybridized carbons (Fsp3) is 0. The van der Waals surface area contributed by atoms with E-state index in [1.807, 2.05) is 30.3 Å². The van der Waals surface area contributed by atoms with Crippen molar-refractivity contribution in [3.63, 3.8) is 0 Å². The molecule has 5 nitrogen and oxygen atoms in total. The van der Waals surface area contributed by atoms with Crippen molar-refractivity contribution in [1.82, 2.24) is 9.97 Å². The molecule has 0 atom stereocenters. The normalized spacial score (nSPS) is 10.8. The Bertz CT molecular complexity index is 743. The van der Waals surface area contributed by atoms with Gasteiger partial charge in [0.1, 0.15) is 5.69 Å². The van der Waals surface area contributed by atoms with Gasteiger partial charge in [0.2, 0.25) is 11.6 Å². The van der Waals surface area contributed by atoms with E-state index in [1.54, 1.807) is 6.07 Å². The molecule has 0 aliphatic carbocycles. The molecular weight excluding hydrogens is 220 g/mol. The number of oxazole rings is 1. The smallest absolute Gasteiger partial charge is 0.419 e. The molecule has 0 saturated heterocycles. The Balaban J connectivity index is 2.24. The molecule has 2 heterocycles. The Labute approximate surface area is 95.4 Å². The highest BCUT2D eigenvalue weighted by atomic mass is 16.4. The van der Waals surface area contributed by atoms with E-state index in [0.29, 0.717) is 5.69 Å². The van der Waals surface area contributed by atoms with Gasteiger partial charge in [0.05, 0.1) is 5.52 Å². The van der Waals surface area contributed by atoms with Crippen LogP contribution in [0.1, 0.15) is 0 Å². The molecule has 0 aliphatic rings. The Kier molecular flexibility index (Phi) is 1.98. The molecular formula is C12H8N2O3. The van der Waals surface area contributed by atoms with Gasteiger partial charge in [-0.25, -0.2) is 9.78 Å². The van der Waals surface area contributed by atoms with Crippen molar-refractivity contribution in [2.75, 3.05) is 0 Å². The second-order valence-electron chi connectivity index (χ2n) is 3.58. The summed E-state index contributed by atoms with van der Waals surface area (Å²) in [7, 11) is 0. The molecule has 0 fully saturated rings. The van der Waals surface area contributed by atoms with Crippen LogP contribution in [-0.2, 0) is 0 Å². The van der Waals surface area contributed by atoms with Gasteiger partial charge in [-0.3, -0.25) is 4.98 Å². The number of aromatic nitrogens is 2. The summed E-state index contributed by atoms with van der Waals surface area (Å²) >= 11 is 0. The van der Waals surface area contributed by atoms with Gasteiger partial charge in [0.15, 0.2) is 0 Å². The van der Waals surface area contributed by atoms with E-state index in [0.717, 1.165) is 10.9 Å². The second kappa shape index (κ2) is 3.48. The van der Waals surface area contributed by atoms with Crippen molar-refractivity contribution in [3.05, 3.63) is 46.9 Å². The molecule has 0 unspecified atom stereocenters. The number of para-hydroxylation sites is 1. The molecule has 3 aromatic rings. The van der Waals surface area contributed by atoms with Crippen LogP contribution in [0, 0.1) is 0 Å². The van der Waals surface area contributed by atoms with E-state index in [2.05, 4.69) is 9.97 Å². The van der Waals surface area contributed by atoms with E-state index < -0.39 is 5.76 Å². The van der Waals surface area contributed by atoms with Gasteiger partial charge in [-0.15, -0.1) is 0 Å². The summed E-state index contributed by atoms with van der Waals surface area (Å²) in [4.78, 5) is 17.4. The van der Waals surface area contributed by atoms with E-state index in [9.17, 15) is 9.90 Å². The first-order chi connectivity index (χ1) is 8.24. The molecule has 5 heteroatoms. The highest BCUT2D eigenvalue weighted by molar-refractivity contribution is 5.81. The van der Waals surface area contributed by atoms with Gasteiger partial charge in [0, 0.05) is 5.39 Å². The predicted molar refractivity (Wildman–Crippen MR) is 61.7 cm³/mol. The SMILES string of the molecule is O=c1[nH]c(O)c(-c2ccc3ccccc3n2)o1. The average Bonchev–Trinajstić information content (AvgIpc) is 2.68. The molecule has 0 spiro atoms. The maximum Gasteiger partial charge on any atom is 0.419 e. The van der Waals surface area contributed by atoms with Crippen LogP contribution in [0.2, 0.25) is 0 Å². The Morgan fingerprint density at radius 1 is 1.18 bits per heavy atom. The van der Waals surface area contributed by atoms with E-state index >= 15 is 0 Å². The van der Waals surface area contributed by atoms with Gasteiger partial charge >= 0.3 is 5.76 Å². The Hall–Kier alpha value is -2.56. The van der Waals surface area contributed by atoms with Gasteiger partial charge < -0.3 is 9.52 Å². The third kappa shape index (κ3) is 1.57. The van der Waals surface area contributed by atoms with Crippen molar-refractivity contribution in [2.45, 2.75) is 0 Å². The Morgan fingerprint density at radius 3 is 2.76 bits per heavy atom. The summed E-state index contributed by atoms with van der Waals surface area (Å²) in [5.41, 5.74) is 1.19. The van der Waals surface area contributed by atoms with Crippen LogP contribution in [0.4, 0.5) is 0 Å². The average molecular weight is 228 g/mol. The van der Waals surface area contributed by atoms with Crippen molar-refractivity contribution in [1.29, 1.82) is 0 Å². The lowest BCUT2D eigenvalue weighted by molar-refractivity contribution is 0.452. The summed E-state index contributed by atoms with van der Waals surface area (Å²) in [5.74, 6) is -0.953. The molecule has 0 saturated carbocycles. The number of fused-ring (bicyclic) bond motifs is 1. The zero-order valence-electron chi connectivity index (χ0n) is 8.68. The first kappa shape index (κ1) is 9.65. The molecule has 0 bridgehead atoms. The molecule has 2 aromatic heterocycles. The lowest BCUT2D eigenvalue weighted by Crippen LogP contribution is -1.93. The quantitative estimate of drug-likeness (QED) is 0.666. The maximum absolute atomic E-state index is 10.9. The summed E-state index contributed by atoms with van der Waals surface area (Å²) in [6.45, 7) is 0. The van der Waals surface area contributed by atoms with E-state index in [1.165, 1.54) is 0 Å². The van der Waals surface area contributed by atoms with E-state index in [4.69, 9.17) is 4.42 Å². The highest BCUT2D eigenvalue weighted by Gasteiger charge is 2.12. The third-order valence-electron chi connectivity index (χ3n) is 2.46. The van der Waals surface area contributed by atoms with Crippen LogP contribution in [0.3, 0.4) is 0 Å². The number of aromatic amines is 1. The van der Waals surface area contributed by atoms with Crippen LogP contribution in [0.15, 0.2) is 45.6 Å². The minimum atomic E-state index is -0.701. The predicted octanol–water partition coefficient (Wildman–Crippen LogP) is 1.89. The van der Waals surface area contributed by atoms with Gasteiger partial charge in [-0.1, -0.05) is 24.3 Å². The monoisotopic (exact) mass is 228 g/mol. The Morgan fingerprint density at radius 2 is 2.00 bits per heavy atom. The third-order valence-corrected chi connectivity index (χ3v) is 2.46. The number of aromatic hydroxyl groups is 1. The number of rotatable bonds is 1. The van der Waals surface area contributed by atoms with E-state index in [-0.39, 0.29) is 11.6 Å². The zero-order valence-corrected chi connectivity index (χ0v) is 8.68. The van der Waals surface area contributed by atoms with Crippen LogP contribution in [0.25, 0.3) is 22.4 Å². The lowest BCUT2D eigenvalue weighted by atomic mass is 10.2. The van der Waals surface area contributed by atoms with Crippen LogP contribution >= 0.6 is 0 Å². The minimum absolute atomic E-state index is 0.0563. The number of benzene rings is 1. The molecule has 17 heavy (non-hydrogen) atoms. The number of hydrogen-bond acceptors (Lipinski definition) is 4. The largest absolute Gasteiger partial charge is 0.492 e. The number of nitrogens with one attached hydrogen (secondary N) is 1. The zero-order chi connectivity index (χ0) is 11.8. The van der Waals surface area contributed by atoms with Crippen LogP contribution in [0.5, 0.6) is 5.88 Å². The van der Waals surface area contributed by atoms with Crippen molar-refractivity contribution in [3.8, 4) is 17.3 Å². The van der Waals surface area contributed by atoms with Crippen molar-refractivity contribution >= 4 is 10.9 Å². The molecule has 0 radical (unpaired) electrons. The summed E-state index contributed by atoms with van der Waals surface area (Å²) < 4.78 is 4.83. The topological polar surface area (TPSA) is 79.1 Å². The highest BCUT2D eigenvalue weighted by Crippen LogP contribution is 2.25. The molecule has 1 aromatic carbocycles. The molecule has 0 amide bonds. The number of hydrogen-bond donors (Lipinski definition) is 2. The maximum atomic E-state index is 10.9. The molecule has 84 valence electrons. The van der Waals surface area contributed by atoms with Crippen LogP contribution < -0.4 is 5.76 Å².